The van der Waals surface area contributed by atoms with Crippen molar-refractivity contribution in [2.75, 3.05) is 59.5 Å². The number of rotatable bonds is 12. The van der Waals surface area contributed by atoms with Crippen LogP contribution in [0, 0.1) is 5.41 Å². The lowest BCUT2D eigenvalue weighted by molar-refractivity contribution is -0.0650. The molecule has 3 aliphatic rings. The van der Waals surface area contributed by atoms with Crippen LogP contribution in [0.15, 0.2) is 0 Å². The summed E-state index contributed by atoms with van der Waals surface area (Å²) in [5, 5.41) is 0. The van der Waals surface area contributed by atoms with Gasteiger partial charge in [-0.05, 0) is 0 Å². The first-order valence-corrected chi connectivity index (χ1v) is 7.32. The molecule has 0 aromatic rings. The first kappa shape index (κ1) is 14.7. The Bertz CT molecular complexity index is 252. The second-order valence-corrected chi connectivity index (χ2v) is 6.22. The molecule has 116 valence electrons. The van der Waals surface area contributed by atoms with Crippen molar-refractivity contribution in [2.45, 2.75) is 25.2 Å². The lowest BCUT2D eigenvalue weighted by Gasteiger charge is -2.28. The summed E-state index contributed by atoms with van der Waals surface area (Å²) in [5.74, 6) is 0. The van der Waals surface area contributed by atoms with Crippen LogP contribution in [0.2, 0.25) is 0 Å². The van der Waals surface area contributed by atoms with E-state index in [1.165, 1.54) is 0 Å². The van der Waals surface area contributed by atoms with Gasteiger partial charge in [0.05, 0.1) is 59.5 Å². The summed E-state index contributed by atoms with van der Waals surface area (Å²) in [6.45, 7) is 8.42. The third-order valence-corrected chi connectivity index (χ3v) is 3.47. The summed E-state index contributed by atoms with van der Waals surface area (Å²) in [6, 6.07) is 0. The van der Waals surface area contributed by atoms with Gasteiger partial charge in [-0.3, -0.25) is 0 Å². The molecule has 0 N–H and O–H groups in total. The third-order valence-electron chi connectivity index (χ3n) is 3.47. The van der Waals surface area contributed by atoms with Crippen LogP contribution in [0.4, 0.5) is 0 Å². The van der Waals surface area contributed by atoms with E-state index in [4.69, 9.17) is 28.4 Å². The highest BCUT2D eigenvalue weighted by Crippen LogP contribution is 2.22. The van der Waals surface area contributed by atoms with Gasteiger partial charge in [-0.25, -0.2) is 0 Å². The summed E-state index contributed by atoms with van der Waals surface area (Å²) < 4.78 is 32.6. The second-order valence-electron chi connectivity index (χ2n) is 6.22. The molecule has 0 bridgehead atoms. The standard InChI is InChI=1S/C14H24O6/c1-14(8-15-2-11-5-18-11,9-16-3-12-6-19-12)10-17-4-13-7-20-13/h11-13H,2-10H2,1H3/t11-,12-,13+/m1/s1. The fraction of sp³-hybridized carbons (Fsp3) is 1.00. The maximum Gasteiger partial charge on any atom is 0.104 e. The fourth-order valence-corrected chi connectivity index (χ4v) is 1.93. The molecule has 3 fully saturated rings. The van der Waals surface area contributed by atoms with Crippen molar-refractivity contribution in [1.29, 1.82) is 0 Å². The van der Waals surface area contributed by atoms with Crippen molar-refractivity contribution in [1.82, 2.24) is 0 Å². The van der Waals surface area contributed by atoms with Gasteiger partial charge in [0.2, 0.25) is 0 Å². The van der Waals surface area contributed by atoms with E-state index in [0.29, 0.717) is 58.0 Å². The van der Waals surface area contributed by atoms with Crippen LogP contribution in [0.5, 0.6) is 0 Å². The smallest absolute Gasteiger partial charge is 0.104 e. The molecule has 0 aliphatic carbocycles. The number of hydrogen-bond acceptors (Lipinski definition) is 6. The lowest BCUT2D eigenvalue weighted by atomic mass is 9.94. The Morgan fingerprint density at radius 3 is 1.30 bits per heavy atom. The van der Waals surface area contributed by atoms with Gasteiger partial charge in [0.1, 0.15) is 18.3 Å². The lowest BCUT2D eigenvalue weighted by Crippen LogP contribution is -2.35. The van der Waals surface area contributed by atoms with Gasteiger partial charge in [-0.15, -0.1) is 0 Å². The van der Waals surface area contributed by atoms with Crippen LogP contribution in [0.3, 0.4) is 0 Å². The van der Waals surface area contributed by atoms with Crippen LogP contribution in [0.25, 0.3) is 0 Å². The highest BCUT2D eigenvalue weighted by molar-refractivity contribution is 4.77. The average Bonchev–Trinajstić information content (AvgIpc) is 3.24. The molecule has 0 amide bonds. The quantitative estimate of drug-likeness (QED) is 0.479. The Morgan fingerprint density at radius 1 is 0.750 bits per heavy atom. The number of ether oxygens (including phenoxy) is 6. The van der Waals surface area contributed by atoms with Gasteiger partial charge in [0, 0.05) is 5.41 Å². The molecule has 20 heavy (non-hydrogen) atoms. The minimum absolute atomic E-state index is 0.140. The zero-order valence-corrected chi connectivity index (χ0v) is 12.0. The first-order valence-electron chi connectivity index (χ1n) is 7.32. The summed E-state index contributed by atoms with van der Waals surface area (Å²) in [6.07, 6.45) is 0.877. The Balaban J connectivity index is 1.35. The summed E-state index contributed by atoms with van der Waals surface area (Å²) in [5.41, 5.74) is -0.140. The monoisotopic (exact) mass is 288 g/mol. The largest absolute Gasteiger partial charge is 0.378 e. The predicted molar refractivity (Wildman–Crippen MR) is 69.8 cm³/mol. The molecule has 3 saturated heterocycles. The number of epoxide rings is 3. The molecular formula is C14H24O6. The van der Waals surface area contributed by atoms with Crippen molar-refractivity contribution < 1.29 is 28.4 Å². The SMILES string of the molecule is CC(COC[C@@H]1CO1)(COC[C@@H]1CO1)COC[C@H]1CO1. The molecule has 3 aliphatic heterocycles. The molecule has 0 saturated carbocycles. The van der Waals surface area contributed by atoms with E-state index >= 15 is 0 Å². The van der Waals surface area contributed by atoms with Gasteiger partial charge in [-0.2, -0.15) is 0 Å². The van der Waals surface area contributed by atoms with E-state index in [2.05, 4.69) is 6.92 Å². The van der Waals surface area contributed by atoms with Crippen LogP contribution >= 0.6 is 0 Å². The zero-order valence-electron chi connectivity index (χ0n) is 12.0. The molecule has 0 unspecified atom stereocenters. The van der Waals surface area contributed by atoms with Crippen molar-refractivity contribution in [3.63, 3.8) is 0 Å². The minimum atomic E-state index is -0.140. The fourth-order valence-electron chi connectivity index (χ4n) is 1.93. The van der Waals surface area contributed by atoms with Gasteiger partial charge in [0.25, 0.3) is 0 Å². The second kappa shape index (κ2) is 6.68. The molecular weight excluding hydrogens is 264 g/mol. The highest BCUT2D eigenvalue weighted by Gasteiger charge is 2.31. The molecule has 3 heterocycles. The van der Waals surface area contributed by atoms with Crippen LogP contribution in [-0.4, -0.2) is 77.8 Å². The van der Waals surface area contributed by atoms with Crippen molar-refractivity contribution in [3.8, 4) is 0 Å². The third kappa shape index (κ3) is 5.63. The van der Waals surface area contributed by atoms with Crippen LogP contribution in [-0.2, 0) is 28.4 Å². The average molecular weight is 288 g/mol. The summed E-state index contributed by atoms with van der Waals surface area (Å²) in [4.78, 5) is 0. The Labute approximate surface area is 119 Å². The summed E-state index contributed by atoms with van der Waals surface area (Å²) in [7, 11) is 0. The van der Waals surface area contributed by atoms with Gasteiger partial charge in [0.15, 0.2) is 0 Å². The molecule has 0 aromatic heterocycles. The molecule has 0 aromatic carbocycles. The van der Waals surface area contributed by atoms with Crippen molar-refractivity contribution >= 4 is 0 Å². The van der Waals surface area contributed by atoms with Crippen LogP contribution < -0.4 is 0 Å². The Hall–Kier alpha value is -0.240. The molecule has 6 nitrogen and oxygen atoms in total. The Kier molecular flexibility index (Phi) is 4.91. The van der Waals surface area contributed by atoms with E-state index in [1.807, 2.05) is 0 Å². The predicted octanol–water partition coefficient (Wildman–Crippen LogP) is 0.239. The van der Waals surface area contributed by atoms with Crippen LogP contribution in [0.1, 0.15) is 6.92 Å². The topological polar surface area (TPSA) is 65.3 Å². The first-order chi connectivity index (χ1) is 9.73. The molecule has 3 atom stereocenters. The normalized spacial score (nSPS) is 31.4. The highest BCUT2D eigenvalue weighted by atomic mass is 16.6. The Morgan fingerprint density at radius 2 is 1.05 bits per heavy atom. The van der Waals surface area contributed by atoms with E-state index < -0.39 is 0 Å². The van der Waals surface area contributed by atoms with Gasteiger partial charge < -0.3 is 28.4 Å². The van der Waals surface area contributed by atoms with E-state index in [9.17, 15) is 0 Å². The zero-order chi connectivity index (χ0) is 13.8. The molecule has 0 spiro atoms. The minimum Gasteiger partial charge on any atom is -0.378 e. The van der Waals surface area contributed by atoms with E-state index in [1.54, 1.807) is 0 Å². The van der Waals surface area contributed by atoms with Gasteiger partial charge >= 0.3 is 0 Å². The van der Waals surface area contributed by atoms with E-state index in [-0.39, 0.29) is 5.41 Å². The molecule has 3 rings (SSSR count). The molecule has 6 heteroatoms. The van der Waals surface area contributed by atoms with Crippen molar-refractivity contribution in [2.24, 2.45) is 5.41 Å². The van der Waals surface area contributed by atoms with E-state index in [0.717, 1.165) is 19.8 Å². The molecule has 0 radical (unpaired) electrons. The maximum absolute atomic E-state index is 5.72. The maximum atomic E-state index is 5.72. The van der Waals surface area contributed by atoms with Gasteiger partial charge in [-0.1, -0.05) is 6.92 Å². The summed E-state index contributed by atoms with van der Waals surface area (Å²) >= 11 is 0. The van der Waals surface area contributed by atoms with Crippen molar-refractivity contribution in [3.05, 3.63) is 0 Å². The number of hydrogen-bond donors (Lipinski definition) is 0.